The van der Waals surface area contributed by atoms with Crippen LogP contribution in [0, 0.1) is 6.92 Å². The van der Waals surface area contributed by atoms with Crippen molar-refractivity contribution < 1.29 is 9.00 Å². The number of carbonyl (C=O) groups is 1. The molecule has 74 valence electrons. The van der Waals surface area contributed by atoms with E-state index in [0.29, 0.717) is 5.88 Å². The number of hydrogen-bond acceptors (Lipinski definition) is 2. The van der Waals surface area contributed by atoms with Crippen molar-refractivity contribution in [2.24, 2.45) is 0 Å². The highest BCUT2D eigenvalue weighted by atomic mass is 32.2. The van der Waals surface area contributed by atoms with E-state index < -0.39 is 10.8 Å². The Morgan fingerprint density at radius 1 is 1.29 bits per heavy atom. The molecular formula is C10H11NO2S. The number of carbonyl (C=O) groups excluding carboxylic acids is 1. The summed E-state index contributed by atoms with van der Waals surface area (Å²) in [5, 5.41) is 0. The molecule has 0 aromatic heterocycles. The maximum Gasteiger partial charge on any atom is 0.240 e. The van der Waals surface area contributed by atoms with Gasteiger partial charge in [-0.3, -0.25) is 13.9 Å². The Bertz CT molecular complexity index is 386. The van der Waals surface area contributed by atoms with E-state index in [2.05, 4.69) is 0 Å². The van der Waals surface area contributed by atoms with Gasteiger partial charge in [-0.25, -0.2) is 0 Å². The second kappa shape index (κ2) is 3.53. The Labute approximate surface area is 85.2 Å². The number of nitrogens with zero attached hydrogens (tertiary/aromatic N) is 1. The molecule has 1 aromatic carbocycles. The first-order chi connectivity index (χ1) is 6.66. The highest BCUT2D eigenvalue weighted by Crippen LogP contribution is 2.19. The van der Waals surface area contributed by atoms with E-state index in [-0.39, 0.29) is 11.7 Å². The summed E-state index contributed by atoms with van der Waals surface area (Å²) in [7, 11) is -1.01. The number of anilines is 1. The van der Waals surface area contributed by atoms with Crippen LogP contribution in [0.4, 0.5) is 5.69 Å². The number of hydrogen-bond donors (Lipinski definition) is 0. The molecule has 1 aromatic rings. The van der Waals surface area contributed by atoms with Crippen molar-refractivity contribution in [3.8, 4) is 0 Å². The molecule has 0 radical (unpaired) electrons. The summed E-state index contributed by atoms with van der Waals surface area (Å²) in [6, 6.07) is 7.67. The molecule has 1 heterocycles. The minimum atomic E-state index is -1.01. The fourth-order valence-electron chi connectivity index (χ4n) is 1.42. The van der Waals surface area contributed by atoms with Gasteiger partial charge in [0.2, 0.25) is 5.91 Å². The zero-order valence-corrected chi connectivity index (χ0v) is 8.71. The van der Waals surface area contributed by atoms with Gasteiger partial charge in [0.1, 0.15) is 11.6 Å². The lowest BCUT2D eigenvalue weighted by Gasteiger charge is -2.13. The van der Waals surface area contributed by atoms with E-state index in [1.54, 1.807) is 4.90 Å². The van der Waals surface area contributed by atoms with Crippen molar-refractivity contribution in [3.63, 3.8) is 0 Å². The fourth-order valence-corrected chi connectivity index (χ4v) is 2.52. The highest BCUT2D eigenvalue weighted by Gasteiger charge is 2.27. The van der Waals surface area contributed by atoms with Crippen LogP contribution in [0.5, 0.6) is 0 Å². The predicted molar refractivity (Wildman–Crippen MR) is 56.5 cm³/mol. The van der Waals surface area contributed by atoms with Gasteiger partial charge in [-0.2, -0.15) is 0 Å². The van der Waals surface area contributed by atoms with Crippen LogP contribution in [0.25, 0.3) is 0 Å². The van der Waals surface area contributed by atoms with Crippen molar-refractivity contribution in [1.82, 2.24) is 0 Å². The number of benzene rings is 1. The maximum atomic E-state index is 11.4. The van der Waals surface area contributed by atoms with Gasteiger partial charge in [-0.1, -0.05) is 17.7 Å². The molecule has 0 unspecified atom stereocenters. The molecule has 1 fully saturated rings. The van der Waals surface area contributed by atoms with Crippen LogP contribution in [-0.4, -0.2) is 21.7 Å². The summed E-state index contributed by atoms with van der Waals surface area (Å²) in [6.07, 6.45) is 0. The molecule has 1 aliphatic heterocycles. The van der Waals surface area contributed by atoms with Crippen molar-refractivity contribution in [2.75, 3.05) is 16.5 Å². The molecule has 1 saturated heterocycles. The van der Waals surface area contributed by atoms with E-state index in [4.69, 9.17) is 0 Å². The van der Waals surface area contributed by atoms with Crippen molar-refractivity contribution >= 4 is 22.4 Å². The Kier molecular flexibility index (Phi) is 2.37. The molecule has 1 atom stereocenters. The Morgan fingerprint density at radius 3 is 2.43 bits per heavy atom. The van der Waals surface area contributed by atoms with Gasteiger partial charge in [0.25, 0.3) is 0 Å². The zero-order chi connectivity index (χ0) is 10.1. The van der Waals surface area contributed by atoms with Crippen LogP contribution < -0.4 is 4.90 Å². The van der Waals surface area contributed by atoms with Gasteiger partial charge in [0, 0.05) is 5.69 Å². The number of rotatable bonds is 1. The Morgan fingerprint density at radius 2 is 1.93 bits per heavy atom. The summed E-state index contributed by atoms with van der Waals surface area (Å²) < 4.78 is 11.2. The molecule has 4 heteroatoms. The largest absolute Gasteiger partial charge is 0.299 e. The highest BCUT2D eigenvalue weighted by molar-refractivity contribution is 7.86. The molecule has 1 amide bonds. The van der Waals surface area contributed by atoms with Crippen LogP contribution in [0.15, 0.2) is 24.3 Å². The maximum absolute atomic E-state index is 11.4. The summed E-state index contributed by atoms with van der Waals surface area (Å²) in [4.78, 5) is 13.0. The van der Waals surface area contributed by atoms with Crippen LogP contribution >= 0.6 is 0 Å². The van der Waals surface area contributed by atoms with E-state index in [1.165, 1.54) is 0 Å². The smallest absolute Gasteiger partial charge is 0.240 e. The Balaban J connectivity index is 2.27. The standard InChI is InChI=1S/C10H11NO2S/c1-8-2-4-9(5-3-8)11-7-14(13)6-10(11)12/h2-5H,6-7H2,1H3/t14-/m0/s1. The second-order valence-electron chi connectivity index (χ2n) is 3.37. The van der Waals surface area contributed by atoms with Crippen molar-refractivity contribution in [1.29, 1.82) is 0 Å². The Hall–Kier alpha value is -1.16. The lowest BCUT2D eigenvalue weighted by molar-refractivity contribution is -0.115. The average Bonchev–Trinajstić information content (AvgIpc) is 2.47. The van der Waals surface area contributed by atoms with Gasteiger partial charge < -0.3 is 0 Å². The summed E-state index contributed by atoms with van der Waals surface area (Å²) in [6.45, 7) is 1.99. The first kappa shape index (κ1) is 9.40. The third kappa shape index (κ3) is 1.70. The molecule has 0 aliphatic carbocycles. The lowest BCUT2D eigenvalue weighted by atomic mass is 10.2. The zero-order valence-electron chi connectivity index (χ0n) is 7.90. The topological polar surface area (TPSA) is 37.4 Å². The molecule has 0 spiro atoms. The minimum absolute atomic E-state index is 0.0489. The van der Waals surface area contributed by atoms with E-state index in [1.807, 2.05) is 31.2 Å². The second-order valence-corrected chi connectivity index (χ2v) is 4.80. The summed E-state index contributed by atoms with van der Waals surface area (Å²) >= 11 is 0. The molecule has 3 nitrogen and oxygen atoms in total. The van der Waals surface area contributed by atoms with Gasteiger partial charge >= 0.3 is 0 Å². The summed E-state index contributed by atoms with van der Waals surface area (Å²) in [5.41, 5.74) is 1.99. The minimum Gasteiger partial charge on any atom is -0.299 e. The van der Waals surface area contributed by atoms with Crippen LogP contribution in [0.3, 0.4) is 0 Å². The molecule has 0 N–H and O–H groups in total. The predicted octanol–water partition coefficient (Wildman–Crippen LogP) is 1.05. The summed E-state index contributed by atoms with van der Waals surface area (Å²) in [5.74, 6) is 0.447. The van der Waals surface area contributed by atoms with Gasteiger partial charge in [-0.15, -0.1) is 0 Å². The first-order valence-electron chi connectivity index (χ1n) is 4.39. The number of amides is 1. The SMILES string of the molecule is Cc1ccc(N2C[S@@](=O)CC2=O)cc1. The molecule has 1 aliphatic rings. The van der Waals surface area contributed by atoms with Crippen LogP contribution in [0.1, 0.15) is 5.56 Å². The normalized spacial score (nSPS) is 21.6. The lowest BCUT2D eigenvalue weighted by Crippen LogP contribution is -2.24. The first-order valence-corrected chi connectivity index (χ1v) is 5.87. The third-order valence-corrected chi connectivity index (χ3v) is 3.32. The molecule has 14 heavy (non-hydrogen) atoms. The monoisotopic (exact) mass is 209 g/mol. The fraction of sp³-hybridized carbons (Fsp3) is 0.300. The molecular weight excluding hydrogens is 198 g/mol. The average molecular weight is 209 g/mol. The molecule has 0 bridgehead atoms. The number of aryl methyl sites for hydroxylation is 1. The third-order valence-electron chi connectivity index (χ3n) is 2.20. The van der Waals surface area contributed by atoms with Crippen molar-refractivity contribution in [2.45, 2.75) is 6.92 Å². The molecule has 2 rings (SSSR count). The van der Waals surface area contributed by atoms with Gasteiger partial charge in [0.15, 0.2) is 0 Å². The van der Waals surface area contributed by atoms with E-state index >= 15 is 0 Å². The van der Waals surface area contributed by atoms with Gasteiger partial charge in [-0.05, 0) is 19.1 Å². The van der Waals surface area contributed by atoms with E-state index in [9.17, 15) is 9.00 Å². The van der Waals surface area contributed by atoms with Crippen LogP contribution in [0.2, 0.25) is 0 Å². The van der Waals surface area contributed by atoms with Gasteiger partial charge in [0.05, 0.1) is 10.8 Å². The van der Waals surface area contributed by atoms with Crippen LogP contribution in [-0.2, 0) is 15.6 Å². The molecule has 0 saturated carbocycles. The van der Waals surface area contributed by atoms with E-state index in [0.717, 1.165) is 11.3 Å². The quantitative estimate of drug-likeness (QED) is 0.693. The van der Waals surface area contributed by atoms with Crippen molar-refractivity contribution in [3.05, 3.63) is 29.8 Å².